The summed E-state index contributed by atoms with van der Waals surface area (Å²) in [6.45, 7) is 3.91. The van der Waals surface area contributed by atoms with E-state index >= 15 is 0 Å². The summed E-state index contributed by atoms with van der Waals surface area (Å²) in [5.41, 5.74) is 0. The topological polar surface area (TPSA) is 20.3 Å². The molecular formula is C8H14BNO. The average molecular weight is 151 g/mol. The van der Waals surface area contributed by atoms with Gasteiger partial charge in [0.2, 0.25) is 7.85 Å². The van der Waals surface area contributed by atoms with Crippen LogP contribution >= 0.6 is 0 Å². The van der Waals surface area contributed by atoms with Crippen LogP contribution in [0.3, 0.4) is 0 Å². The number of piperidine rings is 1. The van der Waals surface area contributed by atoms with Crippen molar-refractivity contribution in [1.82, 2.24) is 4.90 Å². The molecule has 2 nitrogen and oxygen atoms in total. The average Bonchev–Trinajstić information content (AvgIpc) is 2.05. The van der Waals surface area contributed by atoms with Crippen molar-refractivity contribution in [2.45, 2.75) is 26.2 Å². The zero-order valence-corrected chi connectivity index (χ0v) is 7.05. The van der Waals surface area contributed by atoms with Crippen LogP contribution in [0, 0.1) is 5.92 Å². The molecule has 0 atom stereocenters. The highest BCUT2D eigenvalue weighted by Crippen LogP contribution is 2.19. The molecule has 3 heteroatoms. The molecule has 0 aliphatic carbocycles. The van der Waals surface area contributed by atoms with E-state index in [1.54, 1.807) is 4.90 Å². The van der Waals surface area contributed by atoms with Crippen LogP contribution in [0.1, 0.15) is 26.2 Å². The molecule has 60 valence electrons. The molecule has 0 spiro atoms. The van der Waals surface area contributed by atoms with Gasteiger partial charge < -0.3 is 4.90 Å². The van der Waals surface area contributed by atoms with Gasteiger partial charge in [-0.2, -0.15) is 0 Å². The Hall–Kier alpha value is -0.465. The summed E-state index contributed by atoms with van der Waals surface area (Å²) in [7, 11) is 5.14. The highest BCUT2D eigenvalue weighted by atomic mass is 16.1. The SMILES string of the molecule is [B]C(=O)N1CCC(CC)CC1. The van der Waals surface area contributed by atoms with Crippen LogP contribution in [0.2, 0.25) is 0 Å². The molecule has 0 aromatic rings. The molecule has 0 N–H and O–H groups in total. The number of rotatable bonds is 1. The molecule has 1 aliphatic rings. The van der Waals surface area contributed by atoms with Crippen molar-refractivity contribution in [2.24, 2.45) is 5.92 Å². The second-order valence-electron chi connectivity index (χ2n) is 3.18. The van der Waals surface area contributed by atoms with E-state index in [0.717, 1.165) is 31.8 Å². The summed E-state index contributed by atoms with van der Waals surface area (Å²) in [6.07, 6.45) is 3.48. The maximum atomic E-state index is 10.7. The lowest BCUT2D eigenvalue weighted by atomic mass is 9.93. The molecule has 1 amide bonds. The van der Waals surface area contributed by atoms with Gasteiger partial charge in [0.25, 0.3) is 0 Å². The summed E-state index contributed by atoms with van der Waals surface area (Å²) in [4.78, 5) is 12.4. The minimum Gasteiger partial charge on any atom is -0.353 e. The highest BCUT2D eigenvalue weighted by Gasteiger charge is 2.18. The molecule has 0 unspecified atom stereocenters. The first-order chi connectivity index (χ1) is 5.24. The van der Waals surface area contributed by atoms with Gasteiger partial charge in [0.05, 0.1) is 0 Å². The van der Waals surface area contributed by atoms with Crippen LogP contribution in [0.4, 0.5) is 4.79 Å². The summed E-state index contributed by atoms with van der Waals surface area (Å²) < 4.78 is 0. The van der Waals surface area contributed by atoms with E-state index in [2.05, 4.69) is 6.92 Å². The van der Waals surface area contributed by atoms with Gasteiger partial charge in [-0.3, -0.25) is 4.79 Å². The van der Waals surface area contributed by atoms with Gasteiger partial charge in [0.15, 0.2) is 5.81 Å². The largest absolute Gasteiger partial charge is 0.353 e. The highest BCUT2D eigenvalue weighted by molar-refractivity contribution is 6.56. The number of carbonyl (C=O) groups excluding carboxylic acids is 1. The first kappa shape index (κ1) is 8.63. The van der Waals surface area contributed by atoms with E-state index in [4.69, 9.17) is 7.85 Å². The second-order valence-corrected chi connectivity index (χ2v) is 3.18. The molecule has 0 saturated carbocycles. The van der Waals surface area contributed by atoms with Gasteiger partial charge >= 0.3 is 0 Å². The summed E-state index contributed by atoms with van der Waals surface area (Å²) in [6, 6.07) is 0. The van der Waals surface area contributed by atoms with E-state index in [0.29, 0.717) is 0 Å². The van der Waals surface area contributed by atoms with Crippen molar-refractivity contribution in [2.75, 3.05) is 13.1 Å². The maximum Gasteiger partial charge on any atom is 0.200 e. The molecule has 11 heavy (non-hydrogen) atoms. The molecule has 0 aromatic carbocycles. The number of nitrogens with zero attached hydrogens (tertiary/aromatic N) is 1. The Balaban J connectivity index is 2.30. The van der Waals surface area contributed by atoms with Crippen molar-refractivity contribution in [3.05, 3.63) is 0 Å². The standard InChI is InChI=1S/C8H14BNO/c1-2-7-3-5-10(6-4-7)8(9)11/h7H,2-6H2,1H3. The van der Waals surface area contributed by atoms with Gasteiger partial charge in [-0.15, -0.1) is 0 Å². The lowest BCUT2D eigenvalue weighted by molar-refractivity contribution is 0.190. The molecule has 1 aliphatic heterocycles. The third kappa shape index (κ3) is 2.24. The van der Waals surface area contributed by atoms with Gasteiger partial charge in [-0.25, -0.2) is 0 Å². The lowest BCUT2D eigenvalue weighted by Gasteiger charge is -2.31. The smallest absolute Gasteiger partial charge is 0.200 e. The molecule has 2 radical (unpaired) electrons. The van der Waals surface area contributed by atoms with Crippen LogP contribution in [0.25, 0.3) is 0 Å². The quantitative estimate of drug-likeness (QED) is 0.518. The Morgan fingerprint density at radius 3 is 2.45 bits per heavy atom. The molecule has 0 bridgehead atoms. The van der Waals surface area contributed by atoms with Gasteiger partial charge in [-0.05, 0) is 18.8 Å². The number of amides is 1. The van der Waals surface area contributed by atoms with Crippen molar-refractivity contribution >= 4 is 13.7 Å². The van der Waals surface area contributed by atoms with E-state index in [1.807, 2.05) is 0 Å². The maximum absolute atomic E-state index is 10.7. The fourth-order valence-corrected chi connectivity index (χ4v) is 1.56. The van der Waals surface area contributed by atoms with E-state index < -0.39 is 0 Å². The Morgan fingerprint density at radius 2 is 2.09 bits per heavy atom. The molecule has 1 rings (SSSR count). The number of hydrogen-bond acceptors (Lipinski definition) is 1. The van der Waals surface area contributed by atoms with Gasteiger partial charge in [0, 0.05) is 13.1 Å². The van der Waals surface area contributed by atoms with Gasteiger partial charge in [0.1, 0.15) is 0 Å². The zero-order valence-electron chi connectivity index (χ0n) is 7.05. The molecule has 1 fully saturated rings. The van der Waals surface area contributed by atoms with E-state index in [1.165, 1.54) is 6.42 Å². The molecule has 0 aromatic heterocycles. The summed E-state index contributed by atoms with van der Waals surface area (Å²) in [5, 5.41) is 0. The van der Waals surface area contributed by atoms with Crippen molar-refractivity contribution in [1.29, 1.82) is 0 Å². The lowest BCUT2D eigenvalue weighted by Crippen LogP contribution is -2.37. The Bertz CT molecular complexity index is 141. The minimum atomic E-state index is -0.264. The minimum absolute atomic E-state index is 0.264. The van der Waals surface area contributed by atoms with Crippen LogP contribution < -0.4 is 0 Å². The van der Waals surface area contributed by atoms with Crippen LogP contribution in [-0.4, -0.2) is 31.6 Å². The summed E-state index contributed by atoms with van der Waals surface area (Å²) in [5.74, 6) is 0.546. The van der Waals surface area contributed by atoms with Crippen molar-refractivity contribution in [3.8, 4) is 0 Å². The summed E-state index contributed by atoms with van der Waals surface area (Å²) >= 11 is 0. The predicted octanol–water partition coefficient (Wildman–Crippen LogP) is 1.40. The Kier molecular flexibility index (Phi) is 2.97. The monoisotopic (exact) mass is 151 g/mol. The fourth-order valence-electron chi connectivity index (χ4n) is 1.56. The Morgan fingerprint density at radius 1 is 1.55 bits per heavy atom. The normalized spacial score (nSPS) is 20.3. The van der Waals surface area contributed by atoms with Gasteiger partial charge in [-0.1, -0.05) is 13.3 Å². The zero-order chi connectivity index (χ0) is 8.27. The van der Waals surface area contributed by atoms with Crippen molar-refractivity contribution < 1.29 is 4.79 Å². The Labute approximate surface area is 69.4 Å². The van der Waals surface area contributed by atoms with E-state index in [9.17, 15) is 4.79 Å². The van der Waals surface area contributed by atoms with E-state index in [-0.39, 0.29) is 5.81 Å². The molecule has 1 saturated heterocycles. The van der Waals surface area contributed by atoms with Crippen molar-refractivity contribution in [3.63, 3.8) is 0 Å². The third-order valence-electron chi connectivity index (χ3n) is 2.50. The molecular weight excluding hydrogens is 137 g/mol. The number of hydrogen-bond donors (Lipinski definition) is 0. The first-order valence-corrected chi connectivity index (χ1v) is 4.28. The van der Waals surface area contributed by atoms with Crippen LogP contribution in [0.5, 0.6) is 0 Å². The third-order valence-corrected chi connectivity index (χ3v) is 2.50. The second kappa shape index (κ2) is 3.79. The molecule has 1 heterocycles. The predicted molar refractivity (Wildman–Crippen MR) is 45.7 cm³/mol. The first-order valence-electron chi connectivity index (χ1n) is 4.28. The fraction of sp³-hybridized carbons (Fsp3) is 0.875. The number of carbonyl (C=O) groups is 1. The van der Waals surface area contributed by atoms with Crippen LogP contribution in [-0.2, 0) is 0 Å². The van der Waals surface area contributed by atoms with Crippen LogP contribution in [0.15, 0.2) is 0 Å². The number of likely N-dealkylation sites (tertiary alicyclic amines) is 1.